The monoisotopic (exact) mass is 355 g/mol. The number of carbonyl (C=O) groups is 1. The van der Waals surface area contributed by atoms with E-state index < -0.39 is 6.10 Å². The van der Waals surface area contributed by atoms with E-state index in [0.29, 0.717) is 13.1 Å². The van der Waals surface area contributed by atoms with Gasteiger partial charge in [-0.2, -0.15) is 0 Å². The third-order valence-electron chi connectivity index (χ3n) is 5.88. The third kappa shape index (κ3) is 3.26. The molecule has 0 aliphatic carbocycles. The van der Waals surface area contributed by atoms with Crippen LogP contribution in [0.5, 0.6) is 0 Å². The van der Waals surface area contributed by atoms with Crippen molar-refractivity contribution in [3.05, 3.63) is 35.5 Å². The number of aliphatic hydroxyl groups is 1. The fraction of sp³-hybridized carbons (Fsp3) is 0.571. The molecular formula is C21H29N3O2. The number of carbonyl (C=O) groups excluding carboxylic acids is 1. The molecule has 0 radical (unpaired) electrons. The van der Waals surface area contributed by atoms with E-state index in [9.17, 15) is 9.90 Å². The van der Waals surface area contributed by atoms with Crippen molar-refractivity contribution in [3.63, 3.8) is 0 Å². The zero-order valence-corrected chi connectivity index (χ0v) is 15.7. The van der Waals surface area contributed by atoms with Crippen LogP contribution in [0.2, 0.25) is 0 Å². The lowest BCUT2D eigenvalue weighted by atomic mass is 10.0. The Labute approximate surface area is 155 Å². The number of benzene rings is 1. The summed E-state index contributed by atoms with van der Waals surface area (Å²) in [6.07, 6.45) is 5.45. The smallest absolute Gasteiger partial charge is 0.270 e. The summed E-state index contributed by atoms with van der Waals surface area (Å²) < 4.78 is 2.06. The molecule has 26 heavy (non-hydrogen) atoms. The van der Waals surface area contributed by atoms with Crippen LogP contribution >= 0.6 is 0 Å². The van der Waals surface area contributed by atoms with Crippen LogP contribution in [-0.2, 0) is 13.0 Å². The Hall–Kier alpha value is -1.85. The molecule has 140 valence electrons. The quantitative estimate of drug-likeness (QED) is 0.917. The molecule has 0 spiro atoms. The second kappa shape index (κ2) is 7.41. The number of para-hydroxylation sites is 1. The van der Waals surface area contributed by atoms with Crippen molar-refractivity contribution in [2.24, 2.45) is 0 Å². The third-order valence-corrected chi connectivity index (χ3v) is 5.88. The first-order valence-corrected chi connectivity index (χ1v) is 9.91. The average Bonchev–Trinajstić information content (AvgIpc) is 2.78. The standard InChI is InChI=1S/C21H29N3O2/c1-22-13-10-18-17-8-4-5-9-19(17)24(20(18)21(22)26)15-16(25)14-23-11-6-2-3-7-12-23/h4-5,8-9,16,25H,2-3,6-7,10-15H2,1H3. The molecule has 4 rings (SSSR count). The molecule has 2 aliphatic heterocycles. The second-order valence-corrected chi connectivity index (χ2v) is 7.80. The van der Waals surface area contributed by atoms with Crippen LogP contribution in [0, 0.1) is 0 Å². The zero-order chi connectivity index (χ0) is 18.1. The molecule has 2 aromatic rings. The molecule has 1 amide bonds. The van der Waals surface area contributed by atoms with Crippen molar-refractivity contribution >= 4 is 16.8 Å². The molecule has 0 bridgehead atoms. The van der Waals surface area contributed by atoms with Gasteiger partial charge in [-0.15, -0.1) is 0 Å². The number of hydrogen-bond donors (Lipinski definition) is 1. The van der Waals surface area contributed by atoms with Crippen LogP contribution in [0.15, 0.2) is 24.3 Å². The number of likely N-dealkylation sites (tertiary alicyclic amines) is 1. The fourth-order valence-corrected chi connectivity index (χ4v) is 4.51. The van der Waals surface area contributed by atoms with E-state index in [0.717, 1.165) is 48.2 Å². The number of β-amino-alcohol motifs (C(OH)–C–C–N with tert-alkyl or cyclic N) is 1. The first-order valence-electron chi connectivity index (χ1n) is 9.91. The van der Waals surface area contributed by atoms with Crippen molar-refractivity contribution < 1.29 is 9.90 Å². The minimum Gasteiger partial charge on any atom is -0.390 e. The molecule has 1 fully saturated rings. The van der Waals surface area contributed by atoms with Gasteiger partial charge in [0.05, 0.1) is 12.6 Å². The van der Waals surface area contributed by atoms with Crippen LogP contribution in [0.25, 0.3) is 10.9 Å². The number of likely N-dealkylation sites (N-methyl/N-ethyl adjacent to an activating group) is 1. The highest BCUT2D eigenvalue weighted by molar-refractivity contribution is 6.02. The van der Waals surface area contributed by atoms with Gasteiger partial charge in [-0.05, 0) is 44.0 Å². The zero-order valence-electron chi connectivity index (χ0n) is 15.7. The van der Waals surface area contributed by atoms with Gasteiger partial charge < -0.3 is 19.5 Å². The minimum absolute atomic E-state index is 0.0735. The van der Waals surface area contributed by atoms with Crippen LogP contribution in [0.1, 0.15) is 41.7 Å². The number of hydrogen-bond acceptors (Lipinski definition) is 3. The summed E-state index contributed by atoms with van der Waals surface area (Å²) in [4.78, 5) is 17.0. The van der Waals surface area contributed by atoms with Crippen LogP contribution in [-0.4, -0.2) is 64.7 Å². The maximum absolute atomic E-state index is 12.8. The first-order chi connectivity index (χ1) is 12.6. The highest BCUT2D eigenvalue weighted by Gasteiger charge is 2.29. The SMILES string of the molecule is CN1CCc2c(n(CC(O)CN3CCCCCC3)c3ccccc23)C1=O. The predicted molar refractivity (Wildman–Crippen MR) is 104 cm³/mol. The van der Waals surface area contributed by atoms with Gasteiger partial charge in [-0.25, -0.2) is 0 Å². The highest BCUT2D eigenvalue weighted by atomic mass is 16.3. The lowest BCUT2D eigenvalue weighted by Gasteiger charge is -2.27. The molecule has 1 aromatic carbocycles. The maximum Gasteiger partial charge on any atom is 0.270 e. The summed E-state index contributed by atoms with van der Waals surface area (Å²) >= 11 is 0. The topological polar surface area (TPSA) is 48.7 Å². The van der Waals surface area contributed by atoms with Crippen molar-refractivity contribution in [2.45, 2.75) is 44.8 Å². The molecule has 1 N–H and O–H groups in total. The average molecular weight is 355 g/mol. The Morgan fingerprint density at radius 2 is 1.77 bits per heavy atom. The molecule has 1 aromatic heterocycles. The molecular weight excluding hydrogens is 326 g/mol. The van der Waals surface area contributed by atoms with Gasteiger partial charge in [0, 0.05) is 31.0 Å². The van der Waals surface area contributed by atoms with E-state index in [1.54, 1.807) is 4.90 Å². The Balaban J connectivity index is 1.62. The summed E-state index contributed by atoms with van der Waals surface area (Å²) in [6.45, 7) is 4.07. The van der Waals surface area contributed by atoms with Crippen LogP contribution in [0.4, 0.5) is 0 Å². The Morgan fingerprint density at radius 3 is 2.54 bits per heavy atom. The second-order valence-electron chi connectivity index (χ2n) is 7.80. The van der Waals surface area contributed by atoms with E-state index in [4.69, 9.17) is 0 Å². The van der Waals surface area contributed by atoms with Crippen molar-refractivity contribution in [3.8, 4) is 0 Å². The maximum atomic E-state index is 12.8. The van der Waals surface area contributed by atoms with Gasteiger partial charge in [0.2, 0.25) is 0 Å². The molecule has 1 unspecified atom stereocenters. The van der Waals surface area contributed by atoms with Gasteiger partial charge in [0.1, 0.15) is 5.69 Å². The van der Waals surface area contributed by atoms with E-state index in [1.165, 1.54) is 25.7 Å². The first kappa shape index (κ1) is 17.6. The summed E-state index contributed by atoms with van der Waals surface area (Å²) in [5.74, 6) is 0.0735. The van der Waals surface area contributed by atoms with E-state index in [2.05, 4.69) is 21.6 Å². The van der Waals surface area contributed by atoms with Crippen LogP contribution in [0.3, 0.4) is 0 Å². The normalized spacial score (nSPS) is 20.2. The molecule has 5 nitrogen and oxygen atoms in total. The number of fused-ring (bicyclic) bond motifs is 3. The van der Waals surface area contributed by atoms with Gasteiger partial charge >= 0.3 is 0 Å². The largest absolute Gasteiger partial charge is 0.390 e. The number of rotatable bonds is 4. The fourth-order valence-electron chi connectivity index (χ4n) is 4.51. The summed E-state index contributed by atoms with van der Waals surface area (Å²) in [5, 5.41) is 11.9. The molecule has 2 aliphatic rings. The summed E-state index contributed by atoms with van der Waals surface area (Å²) in [6, 6.07) is 8.22. The summed E-state index contributed by atoms with van der Waals surface area (Å²) in [7, 11) is 1.86. The molecule has 3 heterocycles. The molecule has 1 saturated heterocycles. The lowest BCUT2D eigenvalue weighted by molar-refractivity contribution is 0.0753. The Morgan fingerprint density at radius 1 is 1.04 bits per heavy atom. The van der Waals surface area contributed by atoms with Gasteiger partial charge in [0.25, 0.3) is 5.91 Å². The van der Waals surface area contributed by atoms with Gasteiger partial charge in [-0.1, -0.05) is 31.0 Å². The number of aromatic nitrogens is 1. The predicted octanol–water partition coefficient (Wildman–Crippen LogP) is 2.51. The lowest BCUT2D eigenvalue weighted by Crippen LogP contribution is -2.38. The molecule has 0 saturated carbocycles. The van der Waals surface area contributed by atoms with Gasteiger partial charge in [-0.3, -0.25) is 4.79 Å². The van der Waals surface area contributed by atoms with Gasteiger partial charge in [0.15, 0.2) is 0 Å². The van der Waals surface area contributed by atoms with E-state index in [-0.39, 0.29) is 5.91 Å². The molecule has 5 heteroatoms. The van der Waals surface area contributed by atoms with Crippen molar-refractivity contribution in [1.29, 1.82) is 0 Å². The number of nitrogens with zero attached hydrogens (tertiary/aromatic N) is 3. The summed E-state index contributed by atoms with van der Waals surface area (Å²) in [5.41, 5.74) is 2.98. The van der Waals surface area contributed by atoms with E-state index in [1.807, 2.05) is 19.2 Å². The van der Waals surface area contributed by atoms with Crippen LogP contribution < -0.4 is 0 Å². The number of amides is 1. The van der Waals surface area contributed by atoms with Crippen molar-refractivity contribution in [2.75, 3.05) is 33.2 Å². The Bertz CT molecular complexity index is 790. The molecule has 1 atom stereocenters. The number of aliphatic hydroxyl groups excluding tert-OH is 1. The highest BCUT2D eigenvalue weighted by Crippen LogP contribution is 2.30. The Kier molecular flexibility index (Phi) is 5.00. The van der Waals surface area contributed by atoms with Crippen molar-refractivity contribution in [1.82, 2.24) is 14.4 Å². The minimum atomic E-state index is -0.465. The van der Waals surface area contributed by atoms with E-state index >= 15 is 0 Å².